The van der Waals surface area contributed by atoms with Crippen LogP contribution in [0.1, 0.15) is 110 Å². The van der Waals surface area contributed by atoms with Gasteiger partial charge < -0.3 is 0 Å². The van der Waals surface area contributed by atoms with Crippen molar-refractivity contribution in [3.63, 3.8) is 0 Å². The maximum atomic E-state index is 11.4. The van der Waals surface area contributed by atoms with E-state index in [0.717, 1.165) is 19.4 Å². The molecule has 3 heteroatoms. The number of nitrogens with one attached hydrogen (secondary N) is 2. The number of hydrogen-bond acceptors (Lipinski definition) is 2. The van der Waals surface area contributed by atoms with Crippen LogP contribution >= 0.6 is 0 Å². The Balaban J connectivity index is 3.06. The number of unbranched alkanes of at least 4 members (excludes halogenated alkanes) is 12. The molecule has 0 aliphatic rings. The Hall–Kier alpha value is -0.570. The minimum atomic E-state index is 0.136. The van der Waals surface area contributed by atoms with Gasteiger partial charge in [-0.3, -0.25) is 10.2 Å². The molecular weight excluding hydrogens is 272 g/mol. The molecule has 0 aromatic heterocycles. The largest absolute Gasteiger partial charge is 0.292 e. The lowest BCUT2D eigenvalue weighted by Crippen LogP contribution is -2.37. The van der Waals surface area contributed by atoms with Gasteiger partial charge in [-0.25, -0.2) is 5.43 Å². The molecule has 0 heterocycles. The molecule has 0 atom stereocenters. The van der Waals surface area contributed by atoms with Gasteiger partial charge in [0.15, 0.2) is 0 Å². The summed E-state index contributed by atoms with van der Waals surface area (Å²) in [5, 5.41) is 0. The number of carbonyl (C=O) groups is 1. The second-order valence-corrected chi connectivity index (χ2v) is 6.47. The number of amides is 1. The van der Waals surface area contributed by atoms with Gasteiger partial charge in [-0.1, -0.05) is 90.9 Å². The second kappa shape index (κ2) is 18.5. The molecule has 1 amide bonds. The first-order chi connectivity index (χ1) is 10.8. The van der Waals surface area contributed by atoms with E-state index >= 15 is 0 Å². The van der Waals surface area contributed by atoms with Crippen LogP contribution < -0.4 is 10.9 Å². The Kier molecular flexibility index (Phi) is 18.0. The minimum Gasteiger partial charge on any atom is -0.292 e. The van der Waals surface area contributed by atoms with Crippen LogP contribution in [0.4, 0.5) is 0 Å². The summed E-state index contributed by atoms with van der Waals surface area (Å²) >= 11 is 0. The van der Waals surface area contributed by atoms with Crippen molar-refractivity contribution in [3.05, 3.63) is 0 Å². The highest BCUT2D eigenvalue weighted by Gasteiger charge is 1.99. The van der Waals surface area contributed by atoms with Crippen LogP contribution in [-0.2, 0) is 4.79 Å². The Morgan fingerprint density at radius 3 is 1.55 bits per heavy atom. The van der Waals surface area contributed by atoms with E-state index in [1.807, 2.05) is 0 Å². The molecule has 0 aromatic carbocycles. The lowest BCUT2D eigenvalue weighted by Gasteiger charge is -2.06. The van der Waals surface area contributed by atoms with E-state index in [2.05, 4.69) is 24.7 Å². The van der Waals surface area contributed by atoms with E-state index in [9.17, 15) is 4.79 Å². The molecule has 0 saturated carbocycles. The van der Waals surface area contributed by atoms with Crippen molar-refractivity contribution in [2.75, 3.05) is 6.54 Å². The average molecular weight is 313 g/mol. The molecule has 0 fully saturated rings. The molecule has 0 aromatic rings. The summed E-state index contributed by atoms with van der Waals surface area (Å²) in [6.45, 7) is 5.21. The molecule has 3 nitrogen and oxygen atoms in total. The Bertz CT molecular complexity index is 231. The summed E-state index contributed by atoms with van der Waals surface area (Å²) in [5.74, 6) is 0.136. The van der Waals surface area contributed by atoms with E-state index < -0.39 is 0 Å². The lowest BCUT2D eigenvalue weighted by atomic mass is 10.0. The quantitative estimate of drug-likeness (QED) is 0.275. The summed E-state index contributed by atoms with van der Waals surface area (Å²) < 4.78 is 0. The van der Waals surface area contributed by atoms with E-state index in [1.165, 1.54) is 77.0 Å². The first-order valence-electron chi connectivity index (χ1n) is 9.83. The molecule has 2 N–H and O–H groups in total. The van der Waals surface area contributed by atoms with Crippen molar-refractivity contribution >= 4 is 5.91 Å². The van der Waals surface area contributed by atoms with E-state index in [-0.39, 0.29) is 5.91 Å². The van der Waals surface area contributed by atoms with E-state index in [0.29, 0.717) is 6.42 Å². The van der Waals surface area contributed by atoms with Crippen LogP contribution in [0.15, 0.2) is 0 Å². The molecular formula is C19H40N2O. The summed E-state index contributed by atoms with van der Waals surface area (Å²) in [6.07, 6.45) is 19.2. The van der Waals surface area contributed by atoms with Crippen LogP contribution in [0.2, 0.25) is 0 Å². The van der Waals surface area contributed by atoms with Gasteiger partial charge >= 0.3 is 0 Å². The Morgan fingerprint density at radius 2 is 1.09 bits per heavy atom. The molecule has 0 unspecified atom stereocenters. The van der Waals surface area contributed by atoms with Crippen LogP contribution in [-0.4, -0.2) is 12.5 Å². The van der Waals surface area contributed by atoms with Crippen molar-refractivity contribution in [1.82, 2.24) is 10.9 Å². The predicted molar refractivity (Wildman–Crippen MR) is 96.7 cm³/mol. The predicted octanol–water partition coefficient (Wildman–Crippen LogP) is 5.50. The van der Waals surface area contributed by atoms with E-state index in [1.54, 1.807) is 0 Å². The molecule has 132 valence electrons. The van der Waals surface area contributed by atoms with Gasteiger partial charge in [0.1, 0.15) is 0 Å². The van der Waals surface area contributed by atoms with Crippen LogP contribution in [0.25, 0.3) is 0 Å². The fourth-order valence-electron chi connectivity index (χ4n) is 2.65. The monoisotopic (exact) mass is 312 g/mol. The van der Waals surface area contributed by atoms with Gasteiger partial charge in [0.2, 0.25) is 5.91 Å². The van der Waals surface area contributed by atoms with Gasteiger partial charge in [-0.05, 0) is 12.8 Å². The summed E-state index contributed by atoms with van der Waals surface area (Å²) in [6, 6.07) is 0. The zero-order chi connectivity index (χ0) is 16.3. The first kappa shape index (κ1) is 21.4. The molecule has 0 aliphatic heterocycles. The van der Waals surface area contributed by atoms with Crippen molar-refractivity contribution in [2.24, 2.45) is 0 Å². The van der Waals surface area contributed by atoms with Gasteiger partial charge in [0.25, 0.3) is 0 Å². The Labute approximate surface area is 139 Å². The van der Waals surface area contributed by atoms with Crippen LogP contribution in [0.3, 0.4) is 0 Å². The number of hydrazine groups is 1. The average Bonchev–Trinajstić information content (AvgIpc) is 2.52. The molecule has 0 saturated heterocycles. The van der Waals surface area contributed by atoms with Crippen molar-refractivity contribution in [3.8, 4) is 0 Å². The second-order valence-electron chi connectivity index (χ2n) is 6.47. The third kappa shape index (κ3) is 17.5. The van der Waals surface area contributed by atoms with Crippen molar-refractivity contribution in [2.45, 2.75) is 110 Å². The van der Waals surface area contributed by atoms with Crippen LogP contribution in [0.5, 0.6) is 0 Å². The standard InChI is InChI=1S/C19H40N2O/c1-3-5-6-7-8-9-10-11-12-13-14-15-16-17-19(22)21-20-18-4-2/h20H,3-18H2,1-2H3,(H,21,22). The Morgan fingerprint density at radius 1 is 0.636 bits per heavy atom. The SMILES string of the molecule is CCCCCCCCCCCCCCCC(=O)NNCCC. The molecule has 0 bridgehead atoms. The van der Waals surface area contributed by atoms with Gasteiger partial charge in [0, 0.05) is 13.0 Å². The third-order valence-electron chi connectivity index (χ3n) is 4.11. The van der Waals surface area contributed by atoms with Crippen molar-refractivity contribution < 1.29 is 4.79 Å². The van der Waals surface area contributed by atoms with E-state index in [4.69, 9.17) is 0 Å². The number of rotatable bonds is 17. The van der Waals surface area contributed by atoms with Gasteiger partial charge in [-0.2, -0.15) is 0 Å². The smallest absolute Gasteiger partial charge is 0.234 e. The summed E-state index contributed by atoms with van der Waals surface area (Å²) in [7, 11) is 0. The fourth-order valence-corrected chi connectivity index (χ4v) is 2.65. The highest BCUT2D eigenvalue weighted by Crippen LogP contribution is 2.12. The lowest BCUT2D eigenvalue weighted by molar-refractivity contribution is -0.122. The maximum absolute atomic E-state index is 11.4. The third-order valence-corrected chi connectivity index (χ3v) is 4.11. The molecule has 0 aliphatic carbocycles. The number of hydrogen-bond donors (Lipinski definition) is 2. The molecule has 0 rings (SSSR count). The number of carbonyl (C=O) groups excluding carboxylic acids is 1. The highest BCUT2D eigenvalue weighted by atomic mass is 16.2. The van der Waals surface area contributed by atoms with Gasteiger partial charge in [0.05, 0.1) is 0 Å². The van der Waals surface area contributed by atoms with Crippen LogP contribution in [0, 0.1) is 0 Å². The normalized spacial score (nSPS) is 10.8. The fraction of sp³-hybridized carbons (Fsp3) is 0.947. The zero-order valence-corrected chi connectivity index (χ0v) is 15.2. The highest BCUT2D eigenvalue weighted by molar-refractivity contribution is 5.75. The molecule has 0 spiro atoms. The van der Waals surface area contributed by atoms with Crippen molar-refractivity contribution in [1.29, 1.82) is 0 Å². The maximum Gasteiger partial charge on any atom is 0.234 e. The minimum absolute atomic E-state index is 0.136. The zero-order valence-electron chi connectivity index (χ0n) is 15.2. The van der Waals surface area contributed by atoms with Gasteiger partial charge in [-0.15, -0.1) is 0 Å². The first-order valence-corrected chi connectivity index (χ1v) is 9.83. The summed E-state index contributed by atoms with van der Waals surface area (Å²) in [5.41, 5.74) is 5.67. The summed E-state index contributed by atoms with van der Waals surface area (Å²) in [4.78, 5) is 11.4. The topological polar surface area (TPSA) is 41.1 Å². The molecule has 0 radical (unpaired) electrons. The molecule has 22 heavy (non-hydrogen) atoms.